The Hall–Kier alpha value is -0.940. The first kappa shape index (κ1) is 8.65. The molecule has 5 nitrogen and oxygen atoms in total. The number of nitrogens with one attached hydrogen (secondary N) is 1. The Morgan fingerprint density at radius 2 is 2.62 bits per heavy atom. The van der Waals surface area contributed by atoms with Crippen molar-refractivity contribution in [3.63, 3.8) is 0 Å². The molecule has 0 aromatic carbocycles. The van der Waals surface area contributed by atoms with Gasteiger partial charge in [-0.2, -0.15) is 4.98 Å². The van der Waals surface area contributed by atoms with E-state index in [1.807, 2.05) is 0 Å². The van der Waals surface area contributed by atoms with Crippen LogP contribution in [0.1, 0.15) is 19.2 Å². The molecule has 13 heavy (non-hydrogen) atoms. The van der Waals surface area contributed by atoms with Gasteiger partial charge in [0.05, 0.1) is 5.54 Å². The number of piperidine rings is 1. The highest BCUT2D eigenvalue weighted by Gasteiger charge is 2.39. The molecule has 0 aliphatic carbocycles. The molecule has 1 aliphatic heterocycles. The average Bonchev–Trinajstić information content (AvgIpc) is 2.63. The second-order valence-corrected chi connectivity index (χ2v) is 3.65. The molecule has 1 aromatic rings. The topological polar surface area (TPSA) is 77.0 Å². The van der Waals surface area contributed by atoms with Crippen molar-refractivity contribution < 1.29 is 4.52 Å². The Labute approximate surface area is 76.7 Å². The lowest BCUT2D eigenvalue weighted by atomic mass is 9.80. The molecule has 72 valence electrons. The van der Waals surface area contributed by atoms with Crippen molar-refractivity contribution in [1.82, 2.24) is 15.5 Å². The lowest BCUT2D eigenvalue weighted by molar-refractivity contribution is 0.204. The molecule has 0 bridgehead atoms. The second-order valence-electron chi connectivity index (χ2n) is 3.65. The van der Waals surface area contributed by atoms with Crippen molar-refractivity contribution in [3.8, 4) is 0 Å². The SMILES string of the molecule is CC1CNCCC1(N)c1ncon1. The first-order chi connectivity index (χ1) is 6.23. The average molecular weight is 182 g/mol. The number of nitrogens with two attached hydrogens (primary N) is 1. The first-order valence-electron chi connectivity index (χ1n) is 4.50. The van der Waals surface area contributed by atoms with E-state index in [0.717, 1.165) is 19.5 Å². The fraction of sp³-hybridized carbons (Fsp3) is 0.750. The number of nitrogens with zero attached hydrogens (tertiary/aromatic N) is 2. The maximum atomic E-state index is 6.24. The number of hydrogen-bond donors (Lipinski definition) is 2. The molecule has 0 amide bonds. The molecule has 0 radical (unpaired) electrons. The van der Waals surface area contributed by atoms with E-state index in [-0.39, 0.29) is 0 Å². The highest BCUT2D eigenvalue weighted by molar-refractivity contribution is 5.07. The van der Waals surface area contributed by atoms with E-state index in [1.165, 1.54) is 6.39 Å². The molecule has 0 spiro atoms. The molecule has 2 rings (SSSR count). The van der Waals surface area contributed by atoms with Crippen LogP contribution >= 0.6 is 0 Å². The zero-order chi connectivity index (χ0) is 9.31. The number of rotatable bonds is 1. The standard InChI is InChI=1S/C8H14N4O/c1-6-4-10-3-2-8(6,9)7-11-5-13-12-7/h5-6,10H,2-4,9H2,1H3. The quantitative estimate of drug-likeness (QED) is 0.631. The van der Waals surface area contributed by atoms with Crippen molar-refractivity contribution in [3.05, 3.63) is 12.2 Å². The van der Waals surface area contributed by atoms with Crippen molar-refractivity contribution in [2.24, 2.45) is 11.7 Å². The summed E-state index contributed by atoms with van der Waals surface area (Å²) in [6.07, 6.45) is 2.19. The summed E-state index contributed by atoms with van der Waals surface area (Å²) >= 11 is 0. The summed E-state index contributed by atoms with van der Waals surface area (Å²) in [5.74, 6) is 0.959. The summed E-state index contributed by atoms with van der Waals surface area (Å²) in [6.45, 7) is 3.92. The van der Waals surface area contributed by atoms with Gasteiger partial charge in [-0.05, 0) is 25.4 Å². The first-order valence-corrected chi connectivity index (χ1v) is 4.50. The van der Waals surface area contributed by atoms with Gasteiger partial charge in [0, 0.05) is 0 Å². The van der Waals surface area contributed by atoms with Crippen LogP contribution in [0.15, 0.2) is 10.9 Å². The van der Waals surface area contributed by atoms with Crippen molar-refractivity contribution >= 4 is 0 Å². The third-order valence-electron chi connectivity index (χ3n) is 2.82. The van der Waals surface area contributed by atoms with Gasteiger partial charge in [0.2, 0.25) is 6.39 Å². The minimum Gasteiger partial charge on any atom is -0.343 e. The fourth-order valence-electron chi connectivity index (χ4n) is 1.75. The van der Waals surface area contributed by atoms with E-state index in [9.17, 15) is 0 Å². The molecule has 2 unspecified atom stereocenters. The van der Waals surface area contributed by atoms with E-state index in [4.69, 9.17) is 10.3 Å². The summed E-state index contributed by atoms with van der Waals surface area (Å²) < 4.78 is 4.72. The second kappa shape index (κ2) is 3.08. The van der Waals surface area contributed by atoms with E-state index in [2.05, 4.69) is 22.4 Å². The van der Waals surface area contributed by atoms with E-state index in [1.54, 1.807) is 0 Å². The van der Waals surface area contributed by atoms with Crippen LogP contribution in [0, 0.1) is 5.92 Å². The molecule has 2 atom stereocenters. The van der Waals surface area contributed by atoms with Crippen LogP contribution in [0.3, 0.4) is 0 Å². The highest BCUT2D eigenvalue weighted by Crippen LogP contribution is 2.29. The Bertz CT molecular complexity index is 274. The van der Waals surface area contributed by atoms with Gasteiger partial charge in [0.25, 0.3) is 0 Å². The Morgan fingerprint density at radius 1 is 1.77 bits per heavy atom. The summed E-state index contributed by atoms with van der Waals surface area (Å²) in [4.78, 5) is 4.03. The minimum atomic E-state index is -0.418. The van der Waals surface area contributed by atoms with Crippen LogP contribution < -0.4 is 11.1 Å². The van der Waals surface area contributed by atoms with E-state index in [0.29, 0.717) is 11.7 Å². The molecular formula is C8H14N4O. The molecule has 3 N–H and O–H groups in total. The van der Waals surface area contributed by atoms with Crippen LogP contribution in [0.5, 0.6) is 0 Å². The lowest BCUT2D eigenvalue weighted by Crippen LogP contribution is -2.53. The molecular weight excluding hydrogens is 168 g/mol. The van der Waals surface area contributed by atoms with Gasteiger partial charge in [0.1, 0.15) is 0 Å². The lowest BCUT2D eigenvalue weighted by Gasteiger charge is -2.36. The third kappa shape index (κ3) is 1.34. The van der Waals surface area contributed by atoms with Gasteiger partial charge >= 0.3 is 0 Å². The van der Waals surface area contributed by atoms with Gasteiger partial charge in [-0.3, -0.25) is 0 Å². The molecule has 0 saturated carbocycles. The third-order valence-corrected chi connectivity index (χ3v) is 2.82. The monoisotopic (exact) mass is 182 g/mol. The van der Waals surface area contributed by atoms with Gasteiger partial charge in [-0.25, -0.2) is 0 Å². The maximum Gasteiger partial charge on any atom is 0.213 e. The van der Waals surface area contributed by atoms with Gasteiger partial charge in [-0.15, -0.1) is 0 Å². The highest BCUT2D eigenvalue weighted by atomic mass is 16.5. The van der Waals surface area contributed by atoms with Crippen LogP contribution in [0.4, 0.5) is 0 Å². The largest absolute Gasteiger partial charge is 0.343 e. The maximum absolute atomic E-state index is 6.24. The van der Waals surface area contributed by atoms with E-state index >= 15 is 0 Å². The molecule has 1 aromatic heterocycles. The molecule has 1 aliphatic rings. The predicted octanol–water partition coefficient (Wildman–Crippen LogP) is -0.147. The minimum absolute atomic E-state index is 0.332. The summed E-state index contributed by atoms with van der Waals surface area (Å²) in [6, 6.07) is 0. The Balaban J connectivity index is 2.27. The fourth-order valence-corrected chi connectivity index (χ4v) is 1.75. The van der Waals surface area contributed by atoms with Gasteiger partial charge in [0.15, 0.2) is 5.82 Å². The zero-order valence-corrected chi connectivity index (χ0v) is 7.66. The summed E-state index contributed by atoms with van der Waals surface area (Å²) in [5.41, 5.74) is 5.82. The molecule has 1 fully saturated rings. The smallest absolute Gasteiger partial charge is 0.213 e. The molecule has 5 heteroatoms. The Kier molecular flexibility index (Phi) is 2.05. The van der Waals surface area contributed by atoms with Crippen molar-refractivity contribution in [1.29, 1.82) is 0 Å². The number of hydrogen-bond acceptors (Lipinski definition) is 5. The Morgan fingerprint density at radius 3 is 3.23 bits per heavy atom. The zero-order valence-electron chi connectivity index (χ0n) is 7.66. The predicted molar refractivity (Wildman–Crippen MR) is 46.8 cm³/mol. The van der Waals surface area contributed by atoms with Crippen LogP contribution in [-0.2, 0) is 5.54 Å². The van der Waals surface area contributed by atoms with Crippen molar-refractivity contribution in [2.45, 2.75) is 18.9 Å². The molecule has 1 saturated heterocycles. The van der Waals surface area contributed by atoms with E-state index < -0.39 is 5.54 Å². The summed E-state index contributed by atoms with van der Waals surface area (Å²) in [5, 5.41) is 7.11. The van der Waals surface area contributed by atoms with Crippen LogP contribution in [0.2, 0.25) is 0 Å². The van der Waals surface area contributed by atoms with Crippen molar-refractivity contribution in [2.75, 3.05) is 13.1 Å². The van der Waals surface area contributed by atoms with Crippen LogP contribution in [0.25, 0.3) is 0 Å². The molecule has 2 heterocycles. The summed E-state index contributed by atoms with van der Waals surface area (Å²) in [7, 11) is 0. The normalized spacial score (nSPS) is 34.8. The van der Waals surface area contributed by atoms with Gasteiger partial charge in [-0.1, -0.05) is 12.1 Å². The van der Waals surface area contributed by atoms with Crippen LogP contribution in [-0.4, -0.2) is 23.2 Å². The number of aromatic nitrogens is 2. The van der Waals surface area contributed by atoms with Gasteiger partial charge < -0.3 is 15.6 Å².